The van der Waals surface area contributed by atoms with Gasteiger partial charge in [-0.15, -0.1) is 0 Å². The number of carboxylic acid groups (broad SMARTS) is 1. The van der Waals surface area contributed by atoms with Gasteiger partial charge in [-0.25, -0.2) is 14.6 Å². The van der Waals surface area contributed by atoms with E-state index in [4.69, 9.17) is 11.3 Å². The fraction of sp³-hybridized carbons (Fsp3) is 0.440. The topological polar surface area (TPSA) is 84.1 Å². The first-order valence-electron chi connectivity index (χ1n) is 11.2. The highest BCUT2D eigenvalue weighted by Gasteiger charge is 2.36. The third-order valence-corrected chi connectivity index (χ3v) is 6.06. The Balaban J connectivity index is 1.98. The Hall–Kier alpha value is -3.61. The van der Waals surface area contributed by atoms with Crippen molar-refractivity contribution in [1.29, 1.82) is 0 Å². The molecule has 1 amide bonds. The number of amides is 1. The van der Waals surface area contributed by atoms with Gasteiger partial charge >= 0.3 is 12.1 Å². The molecule has 1 aliphatic rings. The molecule has 1 heterocycles. The molecule has 0 bridgehead atoms. The molecule has 0 atom stereocenters. The molecule has 0 aliphatic heterocycles. The summed E-state index contributed by atoms with van der Waals surface area (Å²) >= 11 is 0. The van der Waals surface area contributed by atoms with Gasteiger partial charge in [-0.2, -0.15) is 13.2 Å². The minimum atomic E-state index is -4.84. The molecule has 0 saturated heterocycles. The number of halogens is 3. The van der Waals surface area contributed by atoms with Crippen LogP contribution in [0.4, 0.5) is 24.5 Å². The number of rotatable bonds is 6. The fourth-order valence-corrected chi connectivity index (χ4v) is 4.21. The van der Waals surface area contributed by atoms with Crippen LogP contribution in [0.15, 0.2) is 30.5 Å². The van der Waals surface area contributed by atoms with Gasteiger partial charge in [-0.05, 0) is 69.7 Å². The lowest BCUT2D eigenvalue weighted by molar-refractivity contribution is -0.138. The van der Waals surface area contributed by atoms with Crippen LogP contribution in [-0.4, -0.2) is 28.0 Å². The number of benzene rings is 1. The van der Waals surface area contributed by atoms with Crippen molar-refractivity contribution in [1.82, 2.24) is 4.98 Å². The summed E-state index contributed by atoms with van der Waals surface area (Å²) in [5.74, 6) is -2.20. The molecular weight excluding hydrogens is 463 g/mol. The second-order valence-electron chi connectivity index (χ2n) is 9.00. The largest absolute Gasteiger partial charge is 0.478 e. The number of alkyl halides is 3. The van der Waals surface area contributed by atoms with E-state index in [0.717, 1.165) is 37.9 Å². The standard InChI is InChI=1S/C25H26F3N3O4/c1-14(2)31(23(32)16-7-5-15(3)6-8-16)21-10-9-18(12-19(21)24(33)34)35-22-20(25(26,27)28)11-17(29-4)13-30-22/h9-16H,5-8H2,1-3H3,(H,33,34). The number of carbonyl (C=O) groups excluding carboxylic acids is 1. The zero-order valence-corrected chi connectivity index (χ0v) is 19.6. The summed E-state index contributed by atoms with van der Waals surface area (Å²) in [6.07, 6.45) is -0.618. The van der Waals surface area contributed by atoms with Gasteiger partial charge in [0, 0.05) is 18.2 Å². The van der Waals surface area contributed by atoms with E-state index in [1.54, 1.807) is 13.8 Å². The van der Waals surface area contributed by atoms with Crippen LogP contribution in [0, 0.1) is 18.4 Å². The number of anilines is 1. The van der Waals surface area contributed by atoms with Crippen molar-refractivity contribution < 1.29 is 32.6 Å². The second kappa shape index (κ2) is 10.3. The minimum absolute atomic E-state index is 0.149. The van der Waals surface area contributed by atoms with Crippen LogP contribution in [0.2, 0.25) is 0 Å². The second-order valence-corrected chi connectivity index (χ2v) is 9.00. The molecule has 1 fully saturated rings. The van der Waals surface area contributed by atoms with Crippen molar-refractivity contribution in [3.8, 4) is 11.6 Å². The predicted molar refractivity (Wildman–Crippen MR) is 123 cm³/mol. The number of pyridine rings is 1. The number of carboxylic acids is 1. The van der Waals surface area contributed by atoms with Crippen molar-refractivity contribution >= 4 is 23.3 Å². The molecule has 0 radical (unpaired) electrons. The molecule has 2 aromatic rings. The minimum Gasteiger partial charge on any atom is -0.478 e. The quantitative estimate of drug-likeness (QED) is 0.456. The Kier molecular flexibility index (Phi) is 7.68. The molecule has 3 rings (SSSR count). The molecule has 1 aromatic carbocycles. The van der Waals surface area contributed by atoms with Crippen LogP contribution in [0.25, 0.3) is 4.85 Å². The van der Waals surface area contributed by atoms with Crippen molar-refractivity contribution in [2.45, 2.75) is 58.7 Å². The van der Waals surface area contributed by atoms with Crippen LogP contribution in [0.1, 0.15) is 62.4 Å². The molecule has 35 heavy (non-hydrogen) atoms. The zero-order chi connectivity index (χ0) is 25.9. The maximum absolute atomic E-state index is 13.5. The summed E-state index contributed by atoms with van der Waals surface area (Å²) in [5, 5.41) is 9.84. The first-order chi connectivity index (χ1) is 16.4. The fourth-order valence-electron chi connectivity index (χ4n) is 4.21. The predicted octanol–water partition coefficient (Wildman–Crippen LogP) is 6.71. The van der Waals surface area contributed by atoms with Crippen molar-refractivity contribution in [3.63, 3.8) is 0 Å². The van der Waals surface area contributed by atoms with E-state index in [9.17, 15) is 27.9 Å². The number of nitrogens with zero attached hydrogens (tertiary/aromatic N) is 3. The molecular formula is C25H26F3N3O4. The normalized spacial score (nSPS) is 18.1. The van der Waals surface area contributed by atoms with Gasteiger partial charge in [-0.1, -0.05) is 6.92 Å². The van der Waals surface area contributed by atoms with Crippen LogP contribution in [0.5, 0.6) is 11.6 Å². The number of hydrogen-bond acceptors (Lipinski definition) is 4. The lowest BCUT2D eigenvalue weighted by atomic mass is 9.82. The summed E-state index contributed by atoms with van der Waals surface area (Å²) in [6, 6.07) is 4.02. The first-order valence-corrected chi connectivity index (χ1v) is 11.2. The number of aromatic nitrogens is 1. The summed E-state index contributed by atoms with van der Waals surface area (Å²) in [7, 11) is 0. The number of carbonyl (C=O) groups is 2. The molecule has 1 saturated carbocycles. The van der Waals surface area contributed by atoms with Gasteiger partial charge in [0.1, 0.15) is 11.3 Å². The van der Waals surface area contributed by atoms with Gasteiger partial charge < -0.3 is 14.7 Å². The van der Waals surface area contributed by atoms with E-state index in [1.807, 2.05) is 0 Å². The lowest BCUT2D eigenvalue weighted by Gasteiger charge is -2.34. The molecule has 0 unspecified atom stereocenters. The number of hydrogen-bond donors (Lipinski definition) is 1. The number of ether oxygens (including phenoxy) is 1. The highest BCUT2D eigenvalue weighted by atomic mass is 19.4. The van der Waals surface area contributed by atoms with Crippen LogP contribution < -0.4 is 9.64 Å². The van der Waals surface area contributed by atoms with E-state index in [0.29, 0.717) is 12.0 Å². The van der Waals surface area contributed by atoms with Crippen LogP contribution in [-0.2, 0) is 11.0 Å². The molecule has 0 spiro atoms. The monoisotopic (exact) mass is 489 g/mol. The molecule has 1 aromatic heterocycles. The summed E-state index contributed by atoms with van der Waals surface area (Å²) in [4.78, 5) is 33.4. The Bertz CT molecular complexity index is 1150. The molecule has 186 valence electrons. The van der Waals surface area contributed by atoms with E-state index >= 15 is 0 Å². The molecule has 1 N–H and O–H groups in total. The van der Waals surface area contributed by atoms with Gasteiger partial charge in [0.25, 0.3) is 0 Å². The van der Waals surface area contributed by atoms with Gasteiger partial charge in [0.05, 0.1) is 17.8 Å². The van der Waals surface area contributed by atoms with Gasteiger partial charge in [-0.3, -0.25) is 4.79 Å². The SMILES string of the molecule is [C-]#[N+]c1cnc(Oc2ccc(N(C(=O)C3CCC(C)CC3)C(C)C)c(C(=O)O)c2)c(C(F)(F)F)c1. The summed E-state index contributed by atoms with van der Waals surface area (Å²) in [5.41, 5.74) is -1.69. The average molecular weight is 489 g/mol. The van der Waals surface area contributed by atoms with Crippen LogP contribution in [0.3, 0.4) is 0 Å². The van der Waals surface area contributed by atoms with E-state index in [2.05, 4.69) is 16.8 Å². The Morgan fingerprint density at radius 1 is 1.20 bits per heavy atom. The maximum Gasteiger partial charge on any atom is 0.420 e. The molecule has 7 nitrogen and oxygen atoms in total. The van der Waals surface area contributed by atoms with Crippen LogP contribution >= 0.6 is 0 Å². The average Bonchev–Trinajstić information content (AvgIpc) is 2.79. The Morgan fingerprint density at radius 3 is 2.40 bits per heavy atom. The Labute approximate surface area is 201 Å². The van der Waals surface area contributed by atoms with E-state index in [-0.39, 0.29) is 40.6 Å². The van der Waals surface area contributed by atoms with Gasteiger partial charge in [0.15, 0.2) is 0 Å². The van der Waals surface area contributed by atoms with Crippen molar-refractivity contribution in [2.24, 2.45) is 11.8 Å². The maximum atomic E-state index is 13.5. The third-order valence-electron chi connectivity index (χ3n) is 6.06. The highest BCUT2D eigenvalue weighted by molar-refractivity contribution is 6.03. The molecule has 10 heteroatoms. The zero-order valence-electron chi connectivity index (χ0n) is 19.6. The van der Waals surface area contributed by atoms with Crippen molar-refractivity contribution in [3.05, 3.63) is 53.0 Å². The summed E-state index contributed by atoms with van der Waals surface area (Å²) in [6.45, 7) is 12.6. The summed E-state index contributed by atoms with van der Waals surface area (Å²) < 4.78 is 45.7. The third kappa shape index (κ3) is 5.91. The van der Waals surface area contributed by atoms with E-state index < -0.39 is 23.6 Å². The van der Waals surface area contributed by atoms with E-state index in [1.165, 1.54) is 17.0 Å². The first kappa shape index (κ1) is 26.0. The molecule has 1 aliphatic carbocycles. The Morgan fingerprint density at radius 2 is 1.86 bits per heavy atom. The van der Waals surface area contributed by atoms with Crippen molar-refractivity contribution in [2.75, 3.05) is 4.90 Å². The highest BCUT2D eigenvalue weighted by Crippen LogP contribution is 2.40. The smallest absolute Gasteiger partial charge is 0.420 e. The number of aromatic carboxylic acids is 1. The lowest BCUT2D eigenvalue weighted by Crippen LogP contribution is -2.42. The van der Waals surface area contributed by atoms with Gasteiger partial charge in [0.2, 0.25) is 17.5 Å².